The van der Waals surface area contributed by atoms with Crippen molar-refractivity contribution in [3.8, 4) is 0 Å². The Balaban J connectivity index is 1.96. The molecule has 0 aromatic rings. The summed E-state index contributed by atoms with van der Waals surface area (Å²) in [7, 11) is -3.14. The Labute approximate surface area is 121 Å². The molecule has 2 aliphatic heterocycles. The van der Waals surface area contributed by atoms with Crippen molar-refractivity contribution in [1.82, 2.24) is 15.1 Å². The van der Waals surface area contributed by atoms with Gasteiger partial charge in [-0.3, -0.25) is 19.3 Å². The van der Waals surface area contributed by atoms with E-state index in [-0.39, 0.29) is 18.1 Å². The van der Waals surface area contributed by atoms with E-state index in [1.54, 1.807) is 0 Å². The van der Waals surface area contributed by atoms with Crippen LogP contribution in [0.15, 0.2) is 0 Å². The van der Waals surface area contributed by atoms with E-state index in [0.717, 1.165) is 4.90 Å². The number of carbonyl (C=O) groups is 4. The minimum atomic E-state index is -3.14. The molecule has 0 bridgehead atoms. The largest absolute Gasteiger partial charge is 0.351 e. The SMILES string of the molecule is CCN1C(=O)C(=O)N(CC(=O)N[C@@H]2CCS(=O)(=O)C2)C1=O. The highest BCUT2D eigenvalue weighted by atomic mass is 32.2. The second-order valence-electron chi connectivity index (χ2n) is 4.89. The molecule has 0 aromatic heterocycles. The van der Waals surface area contributed by atoms with Crippen LogP contribution in [0.25, 0.3) is 0 Å². The highest BCUT2D eigenvalue weighted by Crippen LogP contribution is 2.13. The van der Waals surface area contributed by atoms with E-state index in [0.29, 0.717) is 11.3 Å². The first-order valence-electron chi connectivity index (χ1n) is 6.42. The quantitative estimate of drug-likeness (QED) is 0.477. The van der Waals surface area contributed by atoms with Gasteiger partial charge in [0.25, 0.3) is 0 Å². The third-order valence-electron chi connectivity index (χ3n) is 3.35. The van der Waals surface area contributed by atoms with Crippen molar-refractivity contribution in [2.24, 2.45) is 0 Å². The van der Waals surface area contributed by atoms with Gasteiger partial charge in [0.15, 0.2) is 9.84 Å². The van der Waals surface area contributed by atoms with Crippen molar-refractivity contribution >= 4 is 33.6 Å². The van der Waals surface area contributed by atoms with Crippen LogP contribution in [0.5, 0.6) is 0 Å². The summed E-state index contributed by atoms with van der Waals surface area (Å²) in [4.78, 5) is 47.9. The number of hydrogen-bond acceptors (Lipinski definition) is 6. The first kappa shape index (κ1) is 15.4. The molecule has 2 fully saturated rings. The number of nitrogens with zero attached hydrogens (tertiary/aromatic N) is 2. The van der Waals surface area contributed by atoms with Crippen molar-refractivity contribution < 1.29 is 27.6 Å². The molecule has 0 saturated carbocycles. The van der Waals surface area contributed by atoms with Crippen LogP contribution >= 0.6 is 0 Å². The second kappa shape index (κ2) is 5.43. The molecule has 0 radical (unpaired) electrons. The molecule has 21 heavy (non-hydrogen) atoms. The fourth-order valence-corrected chi connectivity index (χ4v) is 3.97. The maximum absolute atomic E-state index is 11.8. The lowest BCUT2D eigenvalue weighted by molar-refractivity contribution is -0.144. The molecule has 1 atom stereocenters. The first-order valence-corrected chi connectivity index (χ1v) is 8.24. The summed E-state index contributed by atoms with van der Waals surface area (Å²) in [6.45, 7) is 0.995. The Morgan fingerprint density at radius 1 is 1.24 bits per heavy atom. The topological polar surface area (TPSA) is 121 Å². The molecular formula is C11H15N3O6S. The highest BCUT2D eigenvalue weighted by Gasteiger charge is 2.44. The van der Waals surface area contributed by atoms with Gasteiger partial charge in [-0.15, -0.1) is 0 Å². The predicted molar refractivity (Wildman–Crippen MR) is 69.7 cm³/mol. The average Bonchev–Trinajstić information content (AvgIpc) is 2.82. The van der Waals surface area contributed by atoms with Gasteiger partial charge in [-0.25, -0.2) is 18.1 Å². The van der Waals surface area contributed by atoms with E-state index in [9.17, 15) is 27.6 Å². The zero-order valence-corrected chi connectivity index (χ0v) is 12.2. The molecule has 0 unspecified atom stereocenters. The number of carbonyl (C=O) groups excluding carboxylic acids is 4. The molecule has 10 heteroatoms. The molecule has 5 amide bonds. The summed E-state index contributed by atoms with van der Waals surface area (Å²) in [6, 6.07) is -1.35. The fraction of sp³-hybridized carbons (Fsp3) is 0.636. The van der Waals surface area contributed by atoms with Crippen LogP contribution in [0, 0.1) is 0 Å². The Hall–Kier alpha value is -1.97. The molecule has 2 aliphatic rings. The van der Waals surface area contributed by atoms with Gasteiger partial charge in [0.05, 0.1) is 11.5 Å². The molecule has 2 saturated heterocycles. The van der Waals surface area contributed by atoms with E-state index >= 15 is 0 Å². The van der Waals surface area contributed by atoms with Crippen molar-refractivity contribution in [2.75, 3.05) is 24.6 Å². The summed E-state index contributed by atoms with van der Waals surface area (Å²) >= 11 is 0. The van der Waals surface area contributed by atoms with Gasteiger partial charge in [0, 0.05) is 12.6 Å². The lowest BCUT2D eigenvalue weighted by atomic mass is 10.2. The van der Waals surface area contributed by atoms with E-state index in [2.05, 4.69) is 5.32 Å². The lowest BCUT2D eigenvalue weighted by Crippen LogP contribution is -2.45. The number of urea groups is 1. The smallest absolute Gasteiger partial charge is 0.334 e. The van der Waals surface area contributed by atoms with Crippen LogP contribution < -0.4 is 5.32 Å². The van der Waals surface area contributed by atoms with E-state index < -0.39 is 46.2 Å². The Morgan fingerprint density at radius 2 is 1.86 bits per heavy atom. The molecule has 116 valence electrons. The van der Waals surface area contributed by atoms with Gasteiger partial charge in [0.2, 0.25) is 5.91 Å². The average molecular weight is 317 g/mol. The summed E-state index contributed by atoms with van der Waals surface area (Å²) in [5.41, 5.74) is 0. The number of likely N-dealkylation sites (N-methyl/N-ethyl adjacent to an activating group) is 1. The molecular weight excluding hydrogens is 302 g/mol. The minimum absolute atomic E-state index is 0.00161. The van der Waals surface area contributed by atoms with Gasteiger partial charge < -0.3 is 5.32 Å². The molecule has 2 rings (SSSR count). The van der Waals surface area contributed by atoms with Crippen LogP contribution in [0.1, 0.15) is 13.3 Å². The standard InChI is InChI=1S/C11H15N3O6S/c1-2-13-9(16)10(17)14(11(13)18)5-8(15)12-7-3-4-21(19,20)6-7/h7H,2-6H2,1H3,(H,12,15)/t7-/m1/s1. The second-order valence-corrected chi connectivity index (χ2v) is 7.12. The van der Waals surface area contributed by atoms with Gasteiger partial charge in [-0.1, -0.05) is 0 Å². The number of nitrogens with one attached hydrogen (secondary N) is 1. The Kier molecular flexibility index (Phi) is 3.99. The van der Waals surface area contributed by atoms with Crippen LogP contribution in [-0.2, 0) is 24.2 Å². The third kappa shape index (κ3) is 3.04. The van der Waals surface area contributed by atoms with Crippen molar-refractivity contribution in [2.45, 2.75) is 19.4 Å². The summed E-state index contributed by atoms with van der Waals surface area (Å²) < 4.78 is 22.5. The maximum atomic E-state index is 11.8. The van der Waals surface area contributed by atoms with Crippen LogP contribution in [0.3, 0.4) is 0 Å². The zero-order valence-electron chi connectivity index (χ0n) is 11.4. The molecule has 0 spiro atoms. The van der Waals surface area contributed by atoms with Gasteiger partial charge in [-0.05, 0) is 13.3 Å². The van der Waals surface area contributed by atoms with E-state index in [4.69, 9.17) is 0 Å². The van der Waals surface area contributed by atoms with Crippen LogP contribution in [0.4, 0.5) is 4.79 Å². The number of sulfone groups is 1. The number of hydrogen-bond donors (Lipinski definition) is 1. The maximum Gasteiger partial charge on any atom is 0.334 e. The molecule has 1 N–H and O–H groups in total. The predicted octanol–water partition coefficient (Wildman–Crippen LogP) is -1.90. The lowest BCUT2D eigenvalue weighted by Gasteiger charge is -2.16. The Bertz CT molecular complexity index is 613. The van der Waals surface area contributed by atoms with Gasteiger partial charge in [0.1, 0.15) is 6.54 Å². The number of amides is 5. The number of rotatable bonds is 4. The van der Waals surface area contributed by atoms with Crippen molar-refractivity contribution in [3.05, 3.63) is 0 Å². The monoisotopic (exact) mass is 317 g/mol. The fourth-order valence-electron chi connectivity index (χ4n) is 2.29. The zero-order chi connectivity index (χ0) is 15.8. The third-order valence-corrected chi connectivity index (χ3v) is 5.12. The summed E-state index contributed by atoms with van der Waals surface area (Å²) in [5.74, 6) is -2.82. The minimum Gasteiger partial charge on any atom is -0.351 e. The van der Waals surface area contributed by atoms with E-state index in [1.807, 2.05) is 0 Å². The normalized spacial score (nSPS) is 24.8. The molecule has 2 heterocycles. The number of imide groups is 2. The molecule has 0 aliphatic carbocycles. The summed E-state index contributed by atoms with van der Waals surface area (Å²) in [5, 5.41) is 2.46. The summed E-state index contributed by atoms with van der Waals surface area (Å²) in [6.07, 6.45) is 0.302. The Morgan fingerprint density at radius 3 is 2.33 bits per heavy atom. The highest BCUT2D eigenvalue weighted by molar-refractivity contribution is 7.91. The van der Waals surface area contributed by atoms with E-state index in [1.165, 1.54) is 6.92 Å². The van der Waals surface area contributed by atoms with Crippen molar-refractivity contribution in [1.29, 1.82) is 0 Å². The van der Waals surface area contributed by atoms with Crippen LogP contribution in [0.2, 0.25) is 0 Å². The van der Waals surface area contributed by atoms with Crippen LogP contribution in [-0.4, -0.2) is 72.6 Å². The molecule has 0 aromatic carbocycles. The van der Waals surface area contributed by atoms with Crippen molar-refractivity contribution in [3.63, 3.8) is 0 Å². The van der Waals surface area contributed by atoms with Gasteiger partial charge in [-0.2, -0.15) is 0 Å². The first-order chi connectivity index (χ1) is 9.75. The van der Waals surface area contributed by atoms with Gasteiger partial charge >= 0.3 is 17.8 Å². The molecule has 9 nitrogen and oxygen atoms in total.